The molecule has 7 heteroatoms. The molecule has 0 radical (unpaired) electrons. The first-order valence-electron chi connectivity index (χ1n) is 7.15. The van der Waals surface area contributed by atoms with Gasteiger partial charge in [-0.2, -0.15) is 5.26 Å². The molecule has 0 aliphatic carbocycles. The van der Waals surface area contributed by atoms with Crippen LogP contribution in [0, 0.1) is 11.3 Å². The molecule has 2 rings (SSSR count). The first-order chi connectivity index (χ1) is 12.1. The number of rotatable bonds is 6. The first kappa shape index (κ1) is 18.5. The van der Waals surface area contributed by atoms with E-state index in [0.717, 1.165) is 11.9 Å². The van der Waals surface area contributed by atoms with Crippen LogP contribution < -0.4 is 5.32 Å². The molecule has 0 unspecified atom stereocenters. The van der Waals surface area contributed by atoms with Gasteiger partial charge in [-0.3, -0.25) is 4.79 Å². The van der Waals surface area contributed by atoms with E-state index < -0.39 is 5.91 Å². The van der Waals surface area contributed by atoms with Gasteiger partial charge in [0.15, 0.2) is 0 Å². The molecule has 0 aromatic heterocycles. The third-order valence-electron chi connectivity index (χ3n) is 3.03. The van der Waals surface area contributed by atoms with Crippen molar-refractivity contribution in [3.63, 3.8) is 0 Å². The minimum absolute atomic E-state index is 0.0432. The van der Waals surface area contributed by atoms with Crippen molar-refractivity contribution in [2.24, 2.45) is 5.16 Å². The molecule has 0 bridgehead atoms. The van der Waals surface area contributed by atoms with Crippen molar-refractivity contribution in [3.05, 3.63) is 75.3 Å². The average Bonchev–Trinajstić information content (AvgIpc) is 2.61. The number of oxime groups is 1. The summed E-state index contributed by atoms with van der Waals surface area (Å²) in [5, 5.41) is 16.0. The number of hydrogen-bond donors (Lipinski definition) is 1. The van der Waals surface area contributed by atoms with Gasteiger partial charge in [0.25, 0.3) is 5.91 Å². The number of carbonyl (C=O) groups is 1. The molecule has 126 valence electrons. The number of nitriles is 1. The molecule has 0 heterocycles. The van der Waals surface area contributed by atoms with Crippen LogP contribution in [0.5, 0.6) is 0 Å². The number of nitrogens with one attached hydrogen (secondary N) is 1. The van der Waals surface area contributed by atoms with Crippen LogP contribution in [0.2, 0.25) is 10.0 Å². The Morgan fingerprint density at radius 2 is 2.00 bits per heavy atom. The average molecular weight is 374 g/mol. The van der Waals surface area contributed by atoms with Gasteiger partial charge in [0.05, 0.1) is 0 Å². The summed E-state index contributed by atoms with van der Waals surface area (Å²) in [5.74, 6) is -0.580. The minimum Gasteiger partial charge on any atom is -0.390 e. The Kier molecular flexibility index (Phi) is 7.02. The molecule has 2 aromatic rings. The van der Waals surface area contributed by atoms with Gasteiger partial charge in [0.2, 0.25) is 0 Å². The van der Waals surface area contributed by atoms with E-state index in [2.05, 4.69) is 10.5 Å². The summed E-state index contributed by atoms with van der Waals surface area (Å²) < 4.78 is 0. The van der Waals surface area contributed by atoms with Crippen molar-refractivity contribution in [2.45, 2.75) is 6.61 Å². The molecule has 1 N–H and O–H groups in total. The molecule has 0 spiro atoms. The molecule has 0 fully saturated rings. The lowest BCUT2D eigenvalue weighted by Gasteiger charge is -2.03. The zero-order chi connectivity index (χ0) is 18.1. The molecule has 2 aromatic carbocycles. The van der Waals surface area contributed by atoms with Gasteiger partial charge in [-0.25, -0.2) is 0 Å². The normalized spacial score (nSPS) is 11.2. The lowest BCUT2D eigenvalue weighted by atomic mass is 10.1. The van der Waals surface area contributed by atoms with E-state index in [4.69, 9.17) is 33.3 Å². The summed E-state index contributed by atoms with van der Waals surface area (Å²) in [7, 11) is 0. The number of halogens is 2. The van der Waals surface area contributed by atoms with E-state index in [1.54, 1.807) is 30.3 Å². The van der Waals surface area contributed by atoms with Crippen LogP contribution in [-0.4, -0.2) is 12.2 Å². The van der Waals surface area contributed by atoms with Crippen LogP contribution >= 0.6 is 23.2 Å². The minimum atomic E-state index is -0.580. The van der Waals surface area contributed by atoms with Gasteiger partial charge in [-0.15, -0.1) is 0 Å². The molecule has 0 saturated heterocycles. The highest BCUT2D eigenvalue weighted by Gasteiger charge is 2.07. The van der Waals surface area contributed by atoms with Gasteiger partial charge in [0.1, 0.15) is 24.6 Å². The van der Waals surface area contributed by atoms with E-state index in [-0.39, 0.29) is 12.2 Å². The Labute approximate surface area is 155 Å². The monoisotopic (exact) mass is 373 g/mol. The molecule has 0 aliphatic rings. The van der Waals surface area contributed by atoms with E-state index in [1.807, 2.05) is 24.3 Å². The Bertz CT molecular complexity index is 843. The fourth-order valence-corrected chi connectivity index (χ4v) is 2.27. The highest BCUT2D eigenvalue weighted by atomic mass is 35.5. The lowest BCUT2D eigenvalue weighted by molar-refractivity contribution is -0.115. The highest BCUT2D eigenvalue weighted by molar-refractivity contribution is 6.35. The molecule has 1 amide bonds. The van der Waals surface area contributed by atoms with Crippen LogP contribution in [0.25, 0.3) is 6.08 Å². The second-order valence-corrected chi connectivity index (χ2v) is 5.64. The van der Waals surface area contributed by atoms with Crippen LogP contribution in [0.15, 0.2) is 59.3 Å². The summed E-state index contributed by atoms with van der Waals surface area (Å²) in [6.07, 6.45) is 2.56. The molecule has 0 saturated carbocycles. The van der Waals surface area contributed by atoms with Crippen molar-refractivity contribution in [1.82, 2.24) is 5.32 Å². The number of amides is 1. The van der Waals surface area contributed by atoms with E-state index in [0.29, 0.717) is 15.6 Å². The highest BCUT2D eigenvalue weighted by Crippen LogP contribution is 2.21. The standard InChI is InChI=1S/C18H13Cl2N3O2/c19-16-7-6-14(17(20)9-16)11-25-23-12-22-18(24)15(10-21)8-13-4-2-1-3-5-13/h1-9,12H,11H2,(H,22,23,24)/b15-8+. The summed E-state index contributed by atoms with van der Waals surface area (Å²) in [5.41, 5.74) is 1.41. The van der Waals surface area contributed by atoms with Gasteiger partial charge in [-0.05, 0) is 23.8 Å². The Morgan fingerprint density at radius 1 is 1.24 bits per heavy atom. The number of hydrogen-bond acceptors (Lipinski definition) is 4. The van der Waals surface area contributed by atoms with E-state index in [9.17, 15) is 4.79 Å². The number of benzene rings is 2. The topological polar surface area (TPSA) is 74.5 Å². The van der Waals surface area contributed by atoms with Crippen molar-refractivity contribution >= 4 is 41.5 Å². The molecular formula is C18H13Cl2N3O2. The summed E-state index contributed by atoms with van der Waals surface area (Å²) in [4.78, 5) is 17.0. The fourth-order valence-electron chi connectivity index (χ4n) is 1.81. The van der Waals surface area contributed by atoms with Crippen LogP contribution in [0.3, 0.4) is 0 Å². The zero-order valence-electron chi connectivity index (χ0n) is 12.9. The van der Waals surface area contributed by atoms with E-state index >= 15 is 0 Å². The summed E-state index contributed by atoms with van der Waals surface area (Å²) in [6, 6.07) is 15.9. The van der Waals surface area contributed by atoms with Crippen LogP contribution in [0.1, 0.15) is 11.1 Å². The molecule has 5 nitrogen and oxygen atoms in total. The Balaban J connectivity index is 1.87. The predicted octanol–water partition coefficient (Wildman–Crippen LogP) is 4.18. The first-order valence-corrected chi connectivity index (χ1v) is 7.91. The van der Waals surface area contributed by atoms with Crippen molar-refractivity contribution in [2.75, 3.05) is 0 Å². The van der Waals surface area contributed by atoms with Gasteiger partial charge in [0, 0.05) is 15.6 Å². The van der Waals surface area contributed by atoms with Gasteiger partial charge >= 0.3 is 0 Å². The third kappa shape index (κ3) is 5.96. The second-order valence-electron chi connectivity index (χ2n) is 4.80. The lowest BCUT2D eigenvalue weighted by Crippen LogP contribution is -2.22. The summed E-state index contributed by atoms with van der Waals surface area (Å²) in [6.45, 7) is 0.118. The molecule has 25 heavy (non-hydrogen) atoms. The van der Waals surface area contributed by atoms with E-state index in [1.165, 1.54) is 6.08 Å². The molecule has 0 atom stereocenters. The maximum absolute atomic E-state index is 11.9. The van der Waals surface area contributed by atoms with Crippen molar-refractivity contribution < 1.29 is 9.63 Å². The number of carbonyl (C=O) groups excluding carboxylic acids is 1. The maximum atomic E-state index is 11.9. The third-order valence-corrected chi connectivity index (χ3v) is 3.62. The SMILES string of the molecule is N#C/C(=C\c1ccccc1)C(=O)N/C=N/OCc1ccc(Cl)cc1Cl. The van der Waals surface area contributed by atoms with Crippen molar-refractivity contribution in [3.8, 4) is 6.07 Å². The largest absolute Gasteiger partial charge is 0.390 e. The van der Waals surface area contributed by atoms with Gasteiger partial charge in [-0.1, -0.05) is 64.8 Å². The molecule has 0 aliphatic heterocycles. The van der Waals surface area contributed by atoms with Gasteiger partial charge < -0.3 is 10.2 Å². The second kappa shape index (κ2) is 9.48. The van der Waals surface area contributed by atoms with Crippen LogP contribution in [-0.2, 0) is 16.2 Å². The number of nitrogens with zero attached hydrogens (tertiary/aromatic N) is 2. The smallest absolute Gasteiger partial charge is 0.267 e. The quantitative estimate of drug-likeness (QED) is 0.271. The Hall–Kier alpha value is -2.81. The predicted molar refractivity (Wildman–Crippen MR) is 97.9 cm³/mol. The fraction of sp³-hybridized carbons (Fsp3) is 0.0556. The Morgan fingerprint density at radius 3 is 2.68 bits per heavy atom. The van der Waals surface area contributed by atoms with Crippen LogP contribution in [0.4, 0.5) is 0 Å². The summed E-state index contributed by atoms with van der Waals surface area (Å²) >= 11 is 11.8. The van der Waals surface area contributed by atoms with Crippen molar-refractivity contribution in [1.29, 1.82) is 5.26 Å². The maximum Gasteiger partial charge on any atom is 0.267 e. The molecular weight excluding hydrogens is 361 g/mol. The zero-order valence-corrected chi connectivity index (χ0v) is 14.5.